The van der Waals surface area contributed by atoms with Crippen LogP contribution in [0.4, 0.5) is 5.69 Å². The van der Waals surface area contributed by atoms with Crippen molar-refractivity contribution in [1.82, 2.24) is 0 Å². The van der Waals surface area contributed by atoms with E-state index in [0.717, 1.165) is 0 Å². The van der Waals surface area contributed by atoms with Crippen LogP contribution in [-0.2, 0) is 11.8 Å². The van der Waals surface area contributed by atoms with Gasteiger partial charge in [-0.3, -0.25) is 0 Å². The van der Waals surface area contributed by atoms with Crippen LogP contribution in [0.1, 0.15) is 70.4 Å². The minimum absolute atomic E-state index is 0.0707. The smallest absolute Gasteiger partial charge is 0.0447 e. The van der Waals surface area contributed by atoms with Crippen molar-refractivity contribution < 1.29 is 0 Å². The summed E-state index contributed by atoms with van der Waals surface area (Å²) < 4.78 is 0. The number of unbranched alkanes of at least 4 members (excludes halogenated alkanes) is 5. The highest BCUT2D eigenvalue weighted by Crippen LogP contribution is 2.46. The van der Waals surface area contributed by atoms with E-state index in [2.05, 4.69) is 57.5 Å². The predicted octanol–water partition coefficient (Wildman–Crippen LogP) is 5.83. The molecule has 21 heavy (non-hydrogen) atoms. The summed E-state index contributed by atoms with van der Waals surface area (Å²) in [6.45, 7) is 11.1. The predicted molar refractivity (Wildman–Crippen MR) is 94.1 cm³/mol. The molecule has 0 bridgehead atoms. The molecule has 0 aliphatic carbocycles. The highest BCUT2D eigenvalue weighted by molar-refractivity contribution is 5.69. The van der Waals surface area contributed by atoms with Gasteiger partial charge in [-0.2, -0.15) is 0 Å². The maximum absolute atomic E-state index is 4.26. The Morgan fingerprint density at radius 3 is 2.43 bits per heavy atom. The van der Waals surface area contributed by atoms with Crippen molar-refractivity contribution in [3.8, 4) is 0 Å². The van der Waals surface area contributed by atoms with Crippen molar-refractivity contribution >= 4 is 5.69 Å². The third-order valence-corrected chi connectivity index (χ3v) is 5.04. The third kappa shape index (κ3) is 3.33. The first-order valence-electron chi connectivity index (χ1n) is 8.55. The maximum atomic E-state index is 4.26. The minimum atomic E-state index is 0.0707. The summed E-state index contributed by atoms with van der Waals surface area (Å²) in [7, 11) is 2.13. The number of nitrogens with zero attached hydrogens (tertiary/aromatic N) is 1. The number of aryl methyl sites for hydroxylation is 1. The second-order valence-electron chi connectivity index (χ2n) is 7.00. The highest BCUT2D eigenvalue weighted by Gasteiger charge is 2.37. The molecular weight excluding hydrogens is 254 g/mol. The zero-order valence-electron chi connectivity index (χ0n) is 14.3. The third-order valence-electron chi connectivity index (χ3n) is 5.04. The van der Waals surface area contributed by atoms with Crippen LogP contribution in [0.25, 0.3) is 0 Å². The van der Waals surface area contributed by atoms with Crippen molar-refractivity contribution in [3.63, 3.8) is 0 Å². The summed E-state index contributed by atoms with van der Waals surface area (Å²) in [6, 6.07) is 6.99. The Balaban J connectivity index is 1.96. The van der Waals surface area contributed by atoms with Gasteiger partial charge in [-0.15, -0.1) is 0 Å². The number of hydrogen-bond acceptors (Lipinski definition) is 1. The van der Waals surface area contributed by atoms with Crippen LogP contribution in [-0.4, -0.2) is 7.05 Å². The molecule has 0 radical (unpaired) electrons. The van der Waals surface area contributed by atoms with E-state index in [0.29, 0.717) is 0 Å². The number of likely N-dealkylation sites (N-methyl/N-ethyl adjacent to an activating group) is 1. The van der Waals surface area contributed by atoms with E-state index in [-0.39, 0.29) is 5.41 Å². The van der Waals surface area contributed by atoms with E-state index in [1.807, 2.05) is 0 Å². The molecule has 116 valence electrons. The Kier molecular flexibility index (Phi) is 5.13. The fourth-order valence-corrected chi connectivity index (χ4v) is 3.36. The summed E-state index contributed by atoms with van der Waals surface area (Å²) in [5, 5.41) is 0. The average molecular weight is 285 g/mol. The molecule has 0 unspecified atom stereocenters. The van der Waals surface area contributed by atoms with Crippen LogP contribution in [0.5, 0.6) is 0 Å². The fourth-order valence-electron chi connectivity index (χ4n) is 3.36. The lowest BCUT2D eigenvalue weighted by atomic mass is 9.83. The quantitative estimate of drug-likeness (QED) is 0.570. The van der Waals surface area contributed by atoms with Gasteiger partial charge in [0.15, 0.2) is 0 Å². The molecular formula is C20H31N. The molecule has 0 spiro atoms. The average Bonchev–Trinajstić information content (AvgIpc) is 2.64. The van der Waals surface area contributed by atoms with Crippen LogP contribution < -0.4 is 4.90 Å². The first-order valence-corrected chi connectivity index (χ1v) is 8.55. The molecule has 0 saturated carbocycles. The Labute approximate surface area is 131 Å². The summed E-state index contributed by atoms with van der Waals surface area (Å²) in [6.07, 6.45) is 9.42. The van der Waals surface area contributed by atoms with Gasteiger partial charge in [0, 0.05) is 23.8 Å². The summed E-state index contributed by atoms with van der Waals surface area (Å²) in [4.78, 5) is 2.24. The van der Waals surface area contributed by atoms with Gasteiger partial charge in [-0.1, -0.05) is 71.6 Å². The Bertz CT molecular complexity index is 499. The van der Waals surface area contributed by atoms with E-state index in [9.17, 15) is 0 Å². The summed E-state index contributed by atoms with van der Waals surface area (Å²) >= 11 is 0. The van der Waals surface area contributed by atoms with Crippen molar-refractivity contribution in [2.45, 2.75) is 71.1 Å². The Morgan fingerprint density at radius 2 is 1.71 bits per heavy atom. The molecule has 0 aromatic heterocycles. The number of anilines is 1. The lowest BCUT2D eigenvalue weighted by Crippen LogP contribution is -2.21. The first-order chi connectivity index (χ1) is 9.98. The molecule has 1 heteroatoms. The Morgan fingerprint density at radius 1 is 1.05 bits per heavy atom. The minimum Gasteiger partial charge on any atom is -0.348 e. The molecule has 1 aromatic rings. The van der Waals surface area contributed by atoms with Crippen molar-refractivity contribution in [3.05, 3.63) is 41.6 Å². The molecule has 0 atom stereocenters. The van der Waals surface area contributed by atoms with E-state index in [1.54, 1.807) is 0 Å². The van der Waals surface area contributed by atoms with Crippen LogP contribution >= 0.6 is 0 Å². The Hall–Kier alpha value is -1.24. The number of rotatable bonds is 7. The van der Waals surface area contributed by atoms with E-state index in [4.69, 9.17) is 0 Å². The number of hydrogen-bond donors (Lipinski definition) is 0. The molecule has 0 amide bonds. The number of fused-ring (bicyclic) bond motifs is 1. The van der Waals surface area contributed by atoms with Gasteiger partial charge in [-0.05, 0) is 30.0 Å². The van der Waals surface area contributed by atoms with E-state index >= 15 is 0 Å². The topological polar surface area (TPSA) is 3.24 Å². The van der Waals surface area contributed by atoms with Gasteiger partial charge in [0.05, 0.1) is 0 Å². The molecule has 1 aliphatic rings. The molecule has 2 rings (SSSR count). The van der Waals surface area contributed by atoms with Crippen molar-refractivity contribution in [2.24, 2.45) is 0 Å². The molecule has 1 heterocycles. The molecule has 0 N–H and O–H groups in total. The monoisotopic (exact) mass is 285 g/mol. The number of benzene rings is 1. The normalized spacial score (nSPS) is 16.4. The highest BCUT2D eigenvalue weighted by atomic mass is 15.1. The second kappa shape index (κ2) is 6.68. The van der Waals surface area contributed by atoms with Crippen LogP contribution in [0, 0.1) is 0 Å². The summed E-state index contributed by atoms with van der Waals surface area (Å²) in [5.74, 6) is 0. The van der Waals surface area contributed by atoms with Gasteiger partial charge in [0.2, 0.25) is 0 Å². The molecule has 1 nitrogen and oxygen atoms in total. The maximum Gasteiger partial charge on any atom is 0.0447 e. The molecule has 1 aliphatic heterocycles. The fraction of sp³-hybridized carbons (Fsp3) is 0.600. The SMILES string of the molecule is C=C1N(C)c2ccc(CCCCCCCC)cc2C1(C)C. The lowest BCUT2D eigenvalue weighted by molar-refractivity contribution is 0.606. The number of allylic oxidation sites excluding steroid dienone is 1. The van der Waals surface area contributed by atoms with Gasteiger partial charge >= 0.3 is 0 Å². The van der Waals surface area contributed by atoms with E-state index in [1.165, 1.54) is 67.5 Å². The van der Waals surface area contributed by atoms with E-state index < -0.39 is 0 Å². The molecule has 0 fully saturated rings. The largest absolute Gasteiger partial charge is 0.348 e. The first kappa shape index (κ1) is 16.1. The van der Waals surface area contributed by atoms with Gasteiger partial charge in [-0.25, -0.2) is 0 Å². The van der Waals surface area contributed by atoms with Crippen molar-refractivity contribution in [1.29, 1.82) is 0 Å². The second-order valence-corrected chi connectivity index (χ2v) is 7.00. The van der Waals surface area contributed by atoms with Gasteiger partial charge in [0.25, 0.3) is 0 Å². The van der Waals surface area contributed by atoms with Crippen LogP contribution in [0.15, 0.2) is 30.5 Å². The van der Waals surface area contributed by atoms with Gasteiger partial charge < -0.3 is 4.90 Å². The van der Waals surface area contributed by atoms with Crippen LogP contribution in [0.2, 0.25) is 0 Å². The standard InChI is InChI=1S/C20H31N/c1-6-7-8-9-10-11-12-17-13-14-19-18(15-17)20(3,4)16(2)21(19)5/h13-15H,2,6-12H2,1,3-5H3. The summed E-state index contributed by atoms with van der Waals surface area (Å²) in [5.41, 5.74) is 5.53. The van der Waals surface area contributed by atoms with Crippen molar-refractivity contribution in [2.75, 3.05) is 11.9 Å². The molecule has 0 saturated heterocycles. The zero-order chi connectivity index (χ0) is 15.5. The lowest BCUT2D eigenvalue weighted by Gasteiger charge is -2.22. The van der Waals surface area contributed by atoms with Crippen LogP contribution in [0.3, 0.4) is 0 Å². The molecule has 1 aromatic carbocycles. The zero-order valence-corrected chi connectivity index (χ0v) is 14.3. The van der Waals surface area contributed by atoms with Gasteiger partial charge in [0.1, 0.15) is 0 Å².